The normalized spacial score (nSPS) is 22.7. The van der Waals surface area contributed by atoms with Gasteiger partial charge in [0, 0.05) is 36.4 Å². The summed E-state index contributed by atoms with van der Waals surface area (Å²) in [6.45, 7) is 0. The molecule has 2 bridgehead atoms. The van der Waals surface area contributed by atoms with Crippen molar-refractivity contribution in [1.29, 1.82) is 0 Å². The summed E-state index contributed by atoms with van der Waals surface area (Å²) < 4.78 is 26.8. The van der Waals surface area contributed by atoms with Gasteiger partial charge >= 0.3 is 11.9 Å². The summed E-state index contributed by atoms with van der Waals surface area (Å²) in [7, 11) is 0. The molecule has 4 heterocycles. The molecule has 0 spiro atoms. The van der Waals surface area contributed by atoms with Crippen LogP contribution in [0.3, 0.4) is 0 Å². The number of esters is 1. The summed E-state index contributed by atoms with van der Waals surface area (Å²) in [6, 6.07) is 12.2. The number of halogens is 1. The average Bonchev–Trinajstić information content (AvgIpc) is 3.39. The predicted molar refractivity (Wildman–Crippen MR) is 138 cm³/mol. The third-order valence-corrected chi connectivity index (χ3v) is 8.80. The van der Waals surface area contributed by atoms with E-state index in [1.807, 2.05) is 30.3 Å². The topological polar surface area (TPSA) is 106 Å². The molecule has 2 saturated heterocycles. The first-order valence-corrected chi connectivity index (χ1v) is 13.7. The lowest BCUT2D eigenvalue weighted by molar-refractivity contribution is 0.0202. The van der Waals surface area contributed by atoms with Crippen LogP contribution < -0.4 is 4.90 Å². The molecule has 1 N–H and O–H groups in total. The number of carboxylic acids is 1. The highest BCUT2D eigenvalue weighted by molar-refractivity contribution is 7.22. The Kier molecular flexibility index (Phi) is 5.47. The van der Waals surface area contributed by atoms with Crippen LogP contribution in [-0.2, 0) is 4.74 Å². The van der Waals surface area contributed by atoms with E-state index < -0.39 is 17.8 Å². The summed E-state index contributed by atoms with van der Waals surface area (Å²) >= 11 is 1.30. The Morgan fingerprint density at radius 1 is 1.08 bits per heavy atom. The van der Waals surface area contributed by atoms with E-state index >= 15 is 0 Å². The van der Waals surface area contributed by atoms with Crippen LogP contribution in [0.25, 0.3) is 21.5 Å². The zero-order valence-electron chi connectivity index (χ0n) is 20.3. The highest BCUT2D eigenvalue weighted by atomic mass is 32.1. The number of aromatic nitrogens is 2. The molecule has 2 unspecified atom stereocenters. The number of carbonyl (C=O) groups is 2. The van der Waals surface area contributed by atoms with Crippen LogP contribution in [0.5, 0.6) is 0 Å². The zero-order chi connectivity index (χ0) is 26.0. The van der Waals surface area contributed by atoms with Crippen molar-refractivity contribution in [3.63, 3.8) is 0 Å². The Bertz CT molecular complexity index is 1550. The fourth-order valence-corrected chi connectivity index (χ4v) is 7.04. The van der Waals surface area contributed by atoms with Crippen molar-refractivity contribution < 1.29 is 28.3 Å². The Balaban J connectivity index is 1.12. The molecular weight excluding hydrogens is 509 g/mol. The minimum Gasteiger partial charge on any atom is -0.478 e. The number of anilines is 1. The summed E-state index contributed by atoms with van der Waals surface area (Å²) in [5.74, 6) is -1.37. The van der Waals surface area contributed by atoms with Gasteiger partial charge in [0.2, 0.25) is 0 Å². The van der Waals surface area contributed by atoms with Gasteiger partial charge in [0.1, 0.15) is 22.9 Å². The molecule has 3 aliphatic rings. The number of nitrogens with zero attached hydrogens (tertiary/aromatic N) is 3. The smallest absolute Gasteiger partial charge is 0.344 e. The molecule has 10 heteroatoms. The standard InChI is InChI=1S/C28H24FN3O5S/c29-20-10-16(26(33)34)11-21-24(20)30-28(38-21)32-17-8-9-18(32)13-19(12-17)36-27(35)22-23(14-4-2-1-3-5-14)31-37-25(22)15-6-7-15/h1-5,10-11,15,17-19H,6-9,12-13H2,(H,33,34). The molecule has 1 aliphatic carbocycles. The van der Waals surface area contributed by atoms with Crippen LogP contribution in [0.2, 0.25) is 0 Å². The first kappa shape index (κ1) is 23.3. The second-order valence-corrected chi connectivity index (χ2v) is 11.3. The van der Waals surface area contributed by atoms with Crippen molar-refractivity contribution in [3.8, 4) is 11.3 Å². The average molecular weight is 534 g/mol. The van der Waals surface area contributed by atoms with E-state index in [-0.39, 0.29) is 35.2 Å². The van der Waals surface area contributed by atoms with Crippen LogP contribution in [0, 0.1) is 5.82 Å². The van der Waals surface area contributed by atoms with Crippen molar-refractivity contribution in [3.05, 3.63) is 65.2 Å². The molecule has 38 heavy (non-hydrogen) atoms. The SMILES string of the molecule is O=C(O)c1cc(F)c2nc(N3C4CCC3CC(OC(=O)c3c(-c5ccccc5)noc3C3CC3)C4)sc2c1. The Morgan fingerprint density at radius 2 is 1.82 bits per heavy atom. The number of piperidine rings is 1. The first-order valence-electron chi connectivity index (χ1n) is 12.8. The van der Waals surface area contributed by atoms with Crippen LogP contribution in [0.1, 0.15) is 70.9 Å². The van der Waals surface area contributed by atoms with Crippen molar-refractivity contribution in [2.75, 3.05) is 4.90 Å². The van der Waals surface area contributed by atoms with Crippen LogP contribution in [0.15, 0.2) is 47.0 Å². The summed E-state index contributed by atoms with van der Waals surface area (Å²) in [5, 5.41) is 14.2. The van der Waals surface area contributed by atoms with Crippen LogP contribution in [-0.4, -0.2) is 45.4 Å². The van der Waals surface area contributed by atoms with Gasteiger partial charge in [-0.25, -0.2) is 19.0 Å². The lowest BCUT2D eigenvalue weighted by atomic mass is 9.99. The van der Waals surface area contributed by atoms with E-state index in [9.17, 15) is 19.1 Å². The van der Waals surface area contributed by atoms with Gasteiger partial charge in [-0.1, -0.05) is 46.8 Å². The monoisotopic (exact) mass is 533 g/mol. The molecule has 2 atom stereocenters. The van der Waals surface area contributed by atoms with Gasteiger partial charge < -0.3 is 19.3 Å². The number of hydrogen-bond acceptors (Lipinski definition) is 8. The van der Waals surface area contributed by atoms with Gasteiger partial charge in [0.15, 0.2) is 16.7 Å². The number of carboxylic acid groups (broad SMARTS) is 1. The number of aromatic carboxylic acids is 1. The highest BCUT2D eigenvalue weighted by Crippen LogP contribution is 2.46. The van der Waals surface area contributed by atoms with Gasteiger partial charge in [-0.3, -0.25) is 0 Å². The maximum atomic E-state index is 14.6. The fraction of sp³-hybridized carbons (Fsp3) is 0.357. The molecule has 8 nitrogen and oxygen atoms in total. The molecule has 4 aromatic rings. The van der Waals surface area contributed by atoms with E-state index in [1.54, 1.807) is 0 Å². The van der Waals surface area contributed by atoms with Gasteiger partial charge in [-0.15, -0.1) is 0 Å². The van der Waals surface area contributed by atoms with Gasteiger partial charge in [-0.05, 0) is 37.8 Å². The summed E-state index contributed by atoms with van der Waals surface area (Å²) in [5.41, 5.74) is 1.88. The molecule has 0 amide bonds. The lowest BCUT2D eigenvalue weighted by Crippen LogP contribution is -2.46. The third kappa shape index (κ3) is 3.94. The predicted octanol–water partition coefficient (Wildman–Crippen LogP) is 6.02. The van der Waals surface area contributed by atoms with Crippen molar-refractivity contribution in [2.24, 2.45) is 0 Å². The number of ether oxygens (including phenoxy) is 1. The fourth-order valence-electron chi connectivity index (χ4n) is 5.87. The summed E-state index contributed by atoms with van der Waals surface area (Å²) in [4.78, 5) is 31.6. The van der Waals surface area contributed by atoms with E-state index in [1.165, 1.54) is 17.4 Å². The largest absolute Gasteiger partial charge is 0.478 e. The molecular formula is C28H24FN3O5S. The molecule has 0 radical (unpaired) electrons. The number of rotatable bonds is 6. The second-order valence-electron chi connectivity index (χ2n) is 10.3. The van der Waals surface area contributed by atoms with Crippen molar-refractivity contribution in [1.82, 2.24) is 10.1 Å². The number of benzene rings is 2. The van der Waals surface area contributed by atoms with E-state index in [0.29, 0.717) is 39.7 Å². The quantitative estimate of drug-likeness (QED) is 0.300. The molecule has 3 fully saturated rings. The number of carbonyl (C=O) groups excluding carboxylic acids is 1. The van der Waals surface area contributed by atoms with Crippen LogP contribution >= 0.6 is 11.3 Å². The molecule has 2 aromatic carbocycles. The number of fused-ring (bicyclic) bond motifs is 3. The third-order valence-electron chi connectivity index (χ3n) is 7.79. The summed E-state index contributed by atoms with van der Waals surface area (Å²) in [6.07, 6.45) is 4.83. The molecule has 1 saturated carbocycles. The molecule has 7 rings (SSSR count). The van der Waals surface area contributed by atoms with E-state index in [2.05, 4.69) is 15.0 Å². The van der Waals surface area contributed by atoms with Crippen LogP contribution in [0.4, 0.5) is 9.52 Å². The van der Waals surface area contributed by atoms with E-state index in [4.69, 9.17) is 9.26 Å². The maximum Gasteiger partial charge on any atom is 0.344 e. The van der Waals surface area contributed by atoms with Gasteiger partial charge in [0.25, 0.3) is 0 Å². The minimum atomic E-state index is -1.17. The number of thiazole rings is 1. The van der Waals surface area contributed by atoms with Crippen molar-refractivity contribution in [2.45, 2.75) is 62.6 Å². The molecule has 2 aromatic heterocycles. The maximum absolute atomic E-state index is 14.6. The number of hydrogen-bond donors (Lipinski definition) is 1. The zero-order valence-corrected chi connectivity index (χ0v) is 21.1. The Hall–Kier alpha value is -3.79. The molecule has 194 valence electrons. The highest BCUT2D eigenvalue weighted by Gasteiger charge is 2.44. The minimum absolute atomic E-state index is 0.0898. The van der Waals surface area contributed by atoms with Gasteiger partial charge in [0.05, 0.1) is 10.3 Å². The Labute approximate surface area is 221 Å². The first-order chi connectivity index (χ1) is 18.5. The Morgan fingerprint density at radius 3 is 2.50 bits per heavy atom. The lowest BCUT2D eigenvalue weighted by Gasteiger charge is -2.38. The van der Waals surface area contributed by atoms with Crippen molar-refractivity contribution >= 4 is 38.6 Å². The van der Waals surface area contributed by atoms with E-state index in [0.717, 1.165) is 37.3 Å². The van der Waals surface area contributed by atoms with Gasteiger partial charge in [-0.2, -0.15) is 0 Å². The second kappa shape index (κ2) is 8.90. The molecule has 2 aliphatic heterocycles.